The van der Waals surface area contributed by atoms with Crippen molar-refractivity contribution in [1.29, 1.82) is 0 Å². The predicted octanol–water partition coefficient (Wildman–Crippen LogP) is 1.39. The van der Waals surface area contributed by atoms with E-state index in [2.05, 4.69) is 50.5 Å². The predicted molar refractivity (Wildman–Crippen MR) is 233 cm³/mol. The van der Waals surface area contributed by atoms with Gasteiger partial charge in [0.05, 0.1) is 77.6 Å². The van der Waals surface area contributed by atoms with Crippen molar-refractivity contribution in [3.05, 3.63) is 83.4 Å². The number of nitrogen functional groups attached to an aromatic ring is 3. The summed E-state index contributed by atoms with van der Waals surface area (Å²) in [7, 11) is 1.83. The van der Waals surface area contributed by atoms with E-state index in [-0.39, 0.29) is 55.2 Å². The number of hydrogen-bond donors (Lipinski definition) is 7. The van der Waals surface area contributed by atoms with Crippen molar-refractivity contribution in [3.63, 3.8) is 0 Å². The van der Waals surface area contributed by atoms with Gasteiger partial charge in [0, 0.05) is 31.3 Å². The number of aliphatic carboxylic acids is 1. The number of amides is 2. The van der Waals surface area contributed by atoms with E-state index in [9.17, 15) is 19.5 Å². The lowest BCUT2D eigenvalue weighted by Crippen LogP contribution is -2.41. The van der Waals surface area contributed by atoms with Gasteiger partial charge in [-0.15, -0.1) is 0 Å². The van der Waals surface area contributed by atoms with Gasteiger partial charge in [-0.25, -0.2) is 19.7 Å². The Labute approximate surface area is 366 Å². The molecule has 0 saturated heterocycles. The topological polar surface area (TPSA) is 329 Å². The Hall–Kier alpha value is -7.34. The minimum Gasteiger partial charge on any atom is -0.480 e. The number of aromatic amines is 1. The van der Waals surface area contributed by atoms with E-state index >= 15 is 0 Å². The van der Waals surface area contributed by atoms with Crippen molar-refractivity contribution in [2.75, 3.05) is 81.9 Å². The summed E-state index contributed by atoms with van der Waals surface area (Å²) in [6.07, 6.45) is 2.86. The van der Waals surface area contributed by atoms with Crippen molar-refractivity contribution in [2.45, 2.75) is 38.6 Å². The van der Waals surface area contributed by atoms with Gasteiger partial charge in [-0.1, -0.05) is 24.3 Å². The van der Waals surface area contributed by atoms with Crippen LogP contribution in [0, 0.1) is 0 Å². The summed E-state index contributed by atoms with van der Waals surface area (Å²) in [5, 5.41) is 14.9. The van der Waals surface area contributed by atoms with Gasteiger partial charge in [0.1, 0.15) is 12.6 Å². The van der Waals surface area contributed by atoms with Crippen LogP contribution in [0.2, 0.25) is 0 Å². The van der Waals surface area contributed by atoms with Crippen LogP contribution in [0.3, 0.4) is 0 Å². The second kappa shape index (κ2) is 23.2. The highest BCUT2D eigenvalue weighted by atomic mass is 16.6. The molecule has 2 amide bonds. The second-order valence-corrected chi connectivity index (χ2v) is 14.1. The normalized spacial score (nSPS) is 11.7. The van der Waals surface area contributed by atoms with Gasteiger partial charge in [0.15, 0.2) is 28.1 Å². The molecular weight excluding hydrogens is 833 g/mol. The third-order valence-electron chi connectivity index (χ3n) is 9.35. The van der Waals surface area contributed by atoms with Crippen LogP contribution in [-0.2, 0) is 48.3 Å². The highest BCUT2D eigenvalue weighted by Gasteiger charge is 2.22. The molecule has 2 aromatic carbocycles. The number of carbonyl (C=O) groups excluding carboxylic acids is 2. The van der Waals surface area contributed by atoms with Gasteiger partial charge in [0.2, 0.25) is 23.7 Å². The maximum absolute atomic E-state index is 12.9. The van der Waals surface area contributed by atoms with Gasteiger partial charge in [-0.05, 0) is 41.8 Å². The molecular formula is C41H50N14O9. The van der Waals surface area contributed by atoms with Gasteiger partial charge < -0.3 is 66.5 Å². The number of anilines is 4. The van der Waals surface area contributed by atoms with Crippen LogP contribution in [0.15, 0.2) is 61.1 Å². The number of rotatable bonds is 26. The van der Waals surface area contributed by atoms with Gasteiger partial charge in [0.25, 0.3) is 5.91 Å². The maximum atomic E-state index is 12.9. The van der Waals surface area contributed by atoms with E-state index in [1.165, 1.54) is 6.33 Å². The fraction of sp³-hybridized carbons (Fsp3) is 0.366. The average Bonchev–Trinajstić information content (AvgIpc) is 3.76. The number of nitrogens with one attached hydrogen (secondary N) is 3. The molecule has 0 aliphatic carbocycles. The lowest BCUT2D eigenvalue weighted by atomic mass is 10.1. The summed E-state index contributed by atoms with van der Waals surface area (Å²) in [6.45, 7) is 3.83. The van der Waals surface area contributed by atoms with Crippen LogP contribution in [0.25, 0.3) is 22.3 Å². The zero-order valence-electron chi connectivity index (χ0n) is 35.1. The van der Waals surface area contributed by atoms with E-state index in [4.69, 9.17) is 40.9 Å². The SMILES string of the molecule is CN(Cc1cnc2nc(N)nc(N)c2n1)c1ccc(C(=O)N[C@@H](CCC(=O)NCCOCCOCCOCCOCc2ccc(COc3nc(N)nc4[nH]cnc34)cc2)C(=O)O)cc1. The monoisotopic (exact) mass is 882 g/mol. The largest absolute Gasteiger partial charge is 0.480 e. The molecule has 0 unspecified atom stereocenters. The molecule has 0 radical (unpaired) electrons. The molecule has 10 N–H and O–H groups in total. The van der Waals surface area contributed by atoms with Crippen LogP contribution < -0.4 is 37.5 Å². The Bertz CT molecular complexity index is 2470. The quantitative estimate of drug-likeness (QED) is 0.0379. The lowest BCUT2D eigenvalue weighted by molar-refractivity contribution is -0.139. The molecule has 4 aromatic heterocycles. The van der Waals surface area contributed by atoms with Crippen molar-refractivity contribution >= 4 is 63.5 Å². The van der Waals surface area contributed by atoms with Crippen LogP contribution in [0.1, 0.15) is 40.0 Å². The molecule has 6 rings (SSSR count). The van der Waals surface area contributed by atoms with Crippen molar-refractivity contribution in [2.24, 2.45) is 0 Å². The molecule has 23 heteroatoms. The summed E-state index contributed by atoms with van der Waals surface area (Å²) in [4.78, 5) is 71.0. The van der Waals surface area contributed by atoms with Crippen LogP contribution in [0.4, 0.5) is 23.4 Å². The molecule has 4 heterocycles. The number of nitrogens with zero attached hydrogens (tertiary/aromatic N) is 8. The highest BCUT2D eigenvalue weighted by molar-refractivity contribution is 5.97. The number of carbonyl (C=O) groups is 3. The fourth-order valence-corrected chi connectivity index (χ4v) is 6.05. The zero-order chi connectivity index (χ0) is 45.3. The molecule has 0 aliphatic heterocycles. The summed E-state index contributed by atoms with van der Waals surface area (Å²) >= 11 is 0. The van der Waals surface area contributed by atoms with Crippen LogP contribution in [-0.4, -0.2) is 129 Å². The first-order valence-corrected chi connectivity index (χ1v) is 20.2. The van der Waals surface area contributed by atoms with Gasteiger partial charge in [-0.2, -0.15) is 19.9 Å². The molecule has 0 fully saturated rings. The van der Waals surface area contributed by atoms with Crippen molar-refractivity contribution in [1.82, 2.24) is 50.5 Å². The number of fused-ring (bicyclic) bond motifs is 2. The van der Waals surface area contributed by atoms with E-state index in [1.807, 2.05) is 36.2 Å². The van der Waals surface area contributed by atoms with E-state index in [0.29, 0.717) is 93.3 Å². The molecule has 64 heavy (non-hydrogen) atoms. The molecule has 338 valence electrons. The fourth-order valence-electron chi connectivity index (χ4n) is 6.05. The van der Waals surface area contributed by atoms with Gasteiger partial charge in [-0.3, -0.25) is 9.59 Å². The minimum atomic E-state index is -1.27. The van der Waals surface area contributed by atoms with Crippen molar-refractivity contribution in [3.8, 4) is 5.88 Å². The highest BCUT2D eigenvalue weighted by Crippen LogP contribution is 2.22. The smallest absolute Gasteiger partial charge is 0.326 e. The number of H-pyrrole nitrogens is 1. The number of benzene rings is 2. The molecule has 0 saturated carbocycles. The van der Waals surface area contributed by atoms with Crippen molar-refractivity contribution < 1.29 is 43.2 Å². The van der Waals surface area contributed by atoms with E-state index < -0.39 is 17.9 Å². The Morgan fingerprint density at radius 1 is 0.766 bits per heavy atom. The Morgan fingerprint density at radius 3 is 2.12 bits per heavy atom. The second-order valence-electron chi connectivity index (χ2n) is 14.1. The van der Waals surface area contributed by atoms with Crippen LogP contribution in [0.5, 0.6) is 5.88 Å². The number of hydrogen-bond acceptors (Lipinski definition) is 19. The number of carboxylic acid groups (broad SMARTS) is 1. The molecule has 23 nitrogen and oxygen atoms in total. The van der Waals surface area contributed by atoms with E-state index in [0.717, 1.165) is 16.8 Å². The molecule has 0 aliphatic rings. The third kappa shape index (κ3) is 13.8. The first-order valence-electron chi connectivity index (χ1n) is 20.2. The standard InChI is InChI=1S/C41H50N14O9/c1-55(21-28-20-46-35-32(49-28)34(42)51-40(43)52-35)29-8-6-27(7-9-29)37(57)50-30(39(58)59)10-11-31(56)45-12-13-60-14-15-61-16-17-62-18-19-63-22-25-2-4-26(5-3-25)23-64-38-33-36(48-24-47-33)53-41(44)54-38/h2-9,20,24,30H,10-19,21-23H2,1H3,(H,45,56)(H,50,57)(H,58,59)(H4,42,43,46,51,52)(H3,44,47,48,53,54)/t30-/m0/s1. The maximum Gasteiger partial charge on any atom is 0.326 e. The summed E-state index contributed by atoms with van der Waals surface area (Å²) in [5.74, 6) is -1.66. The summed E-state index contributed by atoms with van der Waals surface area (Å²) < 4.78 is 28.1. The Kier molecular flexibility index (Phi) is 16.7. The number of nitrogens with two attached hydrogens (primary N) is 3. The summed E-state index contributed by atoms with van der Waals surface area (Å²) in [6, 6.07) is 13.1. The average molecular weight is 883 g/mol. The number of aromatic nitrogens is 8. The summed E-state index contributed by atoms with van der Waals surface area (Å²) in [5.41, 5.74) is 22.5. The first-order chi connectivity index (χ1) is 31.0. The third-order valence-corrected chi connectivity index (χ3v) is 9.35. The van der Waals surface area contributed by atoms with Crippen LogP contribution >= 0.6 is 0 Å². The number of imidazole rings is 1. The van der Waals surface area contributed by atoms with E-state index in [1.54, 1.807) is 30.5 Å². The first kappa shape index (κ1) is 46.2. The Morgan fingerprint density at radius 2 is 1.42 bits per heavy atom. The molecule has 1 atom stereocenters. The molecule has 6 aromatic rings. The lowest BCUT2D eigenvalue weighted by Gasteiger charge is -2.19. The molecule has 0 spiro atoms. The number of carboxylic acids is 1. The van der Waals surface area contributed by atoms with Gasteiger partial charge >= 0.3 is 5.97 Å². The zero-order valence-corrected chi connectivity index (χ0v) is 35.1. The Balaban J connectivity index is 0.754. The minimum absolute atomic E-state index is 0.00827. The molecule has 0 bridgehead atoms. The number of ether oxygens (including phenoxy) is 5.